The van der Waals surface area contributed by atoms with Gasteiger partial charge < -0.3 is 16.4 Å². The van der Waals surface area contributed by atoms with Crippen molar-refractivity contribution < 1.29 is 0 Å². The summed E-state index contributed by atoms with van der Waals surface area (Å²) in [6, 6.07) is 9.90. The molecule has 1 saturated heterocycles. The van der Waals surface area contributed by atoms with E-state index in [0.717, 1.165) is 36.2 Å². The van der Waals surface area contributed by atoms with Crippen molar-refractivity contribution in [3.05, 3.63) is 30.3 Å². The summed E-state index contributed by atoms with van der Waals surface area (Å²) in [6.45, 7) is 4.26. The molecule has 26 heavy (non-hydrogen) atoms. The van der Waals surface area contributed by atoms with Gasteiger partial charge in [-0.15, -0.1) is 0 Å². The molecule has 1 aromatic carbocycles. The molecule has 3 aromatic rings. The molecular weight excluding hydrogens is 326 g/mol. The van der Waals surface area contributed by atoms with Crippen molar-refractivity contribution >= 4 is 22.8 Å². The number of hydrogen-bond acceptors (Lipinski definition) is 6. The maximum atomic E-state index is 6.22. The fourth-order valence-corrected chi connectivity index (χ4v) is 3.70. The Morgan fingerprint density at radius 2 is 1.69 bits per heavy atom. The van der Waals surface area contributed by atoms with Gasteiger partial charge in [0.15, 0.2) is 11.5 Å². The van der Waals surface area contributed by atoms with E-state index in [4.69, 9.17) is 11.5 Å². The van der Waals surface area contributed by atoms with Gasteiger partial charge in [-0.3, -0.25) is 0 Å². The maximum absolute atomic E-state index is 6.22. The molecule has 3 heterocycles. The smallest absolute Gasteiger partial charge is 0.222 e. The van der Waals surface area contributed by atoms with Gasteiger partial charge in [-0.2, -0.15) is 10.1 Å². The highest BCUT2D eigenvalue weighted by Crippen LogP contribution is 2.30. The van der Waals surface area contributed by atoms with Gasteiger partial charge in [0.2, 0.25) is 5.95 Å². The molecule has 0 unspecified atom stereocenters. The molecule has 1 fully saturated rings. The first kappa shape index (κ1) is 16.8. The first-order valence-corrected chi connectivity index (χ1v) is 9.29. The van der Waals surface area contributed by atoms with Gasteiger partial charge in [0.1, 0.15) is 0 Å². The van der Waals surface area contributed by atoms with Gasteiger partial charge in [0, 0.05) is 12.1 Å². The molecule has 7 nitrogen and oxygen atoms in total. The largest absolute Gasteiger partial charge is 0.382 e. The molecule has 0 bridgehead atoms. The molecule has 1 aliphatic rings. The Labute approximate surface area is 153 Å². The third-order valence-corrected chi connectivity index (χ3v) is 4.98. The zero-order chi connectivity index (χ0) is 17.9. The Morgan fingerprint density at radius 3 is 2.46 bits per heavy atom. The van der Waals surface area contributed by atoms with Crippen LogP contribution < -0.4 is 11.5 Å². The van der Waals surface area contributed by atoms with Crippen LogP contribution in [-0.4, -0.2) is 44.3 Å². The van der Waals surface area contributed by atoms with Crippen LogP contribution in [0.15, 0.2) is 30.3 Å². The van der Waals surface area contributed by atoms with Gasteiger partial charge in [0.25, 0.3) is 0 Å². The van der Waals surface area contributed by atoms with E-state index in [1.807, 2.05) is 35.0 Å². The average Bonchev–Trinajstić information content (AvgIpc) is 2.98. The molecule has 7 heteroatoms. The highest BCUT2D eigenvalue weighted by Gasteiger charge is 2.18. The molecule has 0 radical (unpaired) electrons. The lowest BCUT2D eigenvalue weighted by molar-refractivity contribution is 0.222. The Kier molecular flexibility index (Phi) is 4.71. The predicted octanol–water partition coefficient (Wildman–Crippen LogP) is 2.53. The van der Waals surface area contributed by atoms with Crippen LogP contribution in [0.2, 0.25) is 0 Å². The second-order valence-electron chi connectivity index (χ2n) is 6.86. The monoisotopic (exact) mass is 351 g/mol. The first-order chi connectivity index (χ1) is 12.7. The minimum absolute atomic E-state index is 0.244. The highest BCUT2D eigenvalue weighted by molar-refractivity contribution is 5.98. The van der Waals surface area contributed by atoms with E-state index in [-0.39, 0.29) is 5.95 Å². The number of aryl methyl sites for hydroxylation is 1. The Hall–Kier alpha value is -2.67. The van der Waals surface area contributed by atoms with Crippen molar-refractivity contribution in [3.63, 3.8) is 0 Å². The van der Waals surface area contributed by atoms with Crippen molar-refractivity contribution in [2.24, 2.45) is 0 Å². The van der Waals surface area contributed by atoms with Crippen molar-refractivity contribution in [2.45, 2.75) is 32.2 Å². The molecule has 0 aliphatic carbocycles. The molecule has 1 aliphatic heterocycles. The second-order valence-corrected chi connectivity index (χ2v) is 6.86. The van der Waals surface area contributed by atoms with Crippen LogP contribution in [-0.2, 0) is 6.54 Å². The third kappa shape index (κ3) is 3.35. The van der Waals surface area contributed by atoms with E-state index in [1.165, 1.54) is 32.4 Å². The Bertz CT molecular complexity index is 882. The maximum Gasteiger partial charge on any atom is 0.222 e. The number of nitrogens with two attached hydrogens (primary N) is 2. The zero-order valence-corrected chi connectivity index (χ0v) is 14.9. The Balaban J connectivity index is 1.61. The summed E-state index contributed by atoms with van der Waals surface area (Å²) >= 11 is 0. The van der Waals surface area contributed by atoms with E-state index in [9.17, 15) is 0 Å². The minimum atomic E-state index is 0.244. The van der Waals surface area contributed by atoms with E-state index < -0.39 is 0 Å². The van der Waals surface area contributed by atoms with Crippen molar-refractivity contribution in [3.8, 4) is 11.3 Å². The summed E-state index contributed by atoms with van der Waals surface area (Å²) in [5, 5.41) is 5.30. The van der Waals surface area contributed by atoms with Crippen LogP contribution in [0.1, 0.15) is 25.7 Å². The van der Waals surface area contributed by atoms with Crippen molar-refractivity contribution in [1.29, 1.82) is 0 Å². The number of benzene rings is 1. The van der Waals surface area contributed by atoms with Crippen LogP contribution in [0.4, 0.5) is 11.8 Å². The number of likely N-dealkylation sites (tertiary alicyclic amines) is 1. The summed E-state index contributed by atoms with van der Waals surface area (Å²) in [5.74, 6) is 0.699. The summed E-state index contributed by atoms with van der Waals surface area (Å²) in [6.07, 6.45) is 4.99. The van der Waals surface area contributed by atoms with E-state index in [2.05, 4.69) is 20.0 Å². The average molecular weight is 351 g/mol. The lowest BCUT2D eigenvalue weighted by Crippen LogP contribution is -2.31. The molecule has 4 rings (SSSR count). The first-order valence-electron chi connectivity index (χ1n) is 9.29. The third-order valence-electron chi connectivity index (χ3n) is 4.98. The standard InChI is InChI=1S/C19H25N7/c20-17-15-16(14-8-3-1-4-9-14)22-19(21)23-18(15)26(24-17)13-7-12-25-10-5-2-6-11-25/h1,3-4,8-9H,2,5-7,10-13H2,(H2,20,24)(H2,21,22,23). The van der Waals surface area contributed by atoms with Crippen molar-refractivity contribution in [2.75, 3.05) is 31.1 Å². The number of piperidine rings is 1. The van der Waals surface area contributed by atoms with Crippen LogP contribution in [0.3, 0.4) is 0 Å². The van der Waals surface area contributed by atoms with E-state index in [0.29, 0.717) is 11.5 Å². The molecule has 0 amide bonds. The highest BCUT2D eigenvalue weighted by atomic mass is 15.3. The predicted molar refractivity (Wildman–Crippen MR) is 104 cm³/mol. The van der Waals surface area contributed by atoms with Gasteiger partial charge in [-0.25, -0.2) is 9.67 Å². The summed E-state index contributed by atoms with van der Waals surface area (Å²) in [5.41, 5.74) is 14.6. The van der Waals surface area contributed by atoms with E-state index >= 15 is 0 Å². The molecule has 0 atom stereocenters. The normalized spacial score (nSPS) is 15.5. The zero-order valence-electron chi connectivity index (χ0n) is 14.9. The molecule has 0 spiro atoms. The molecule has 0 saturated carbocycles. The lowest BCUT2D eigenvalue weighted by Gasteiger charge is -2.26. The van der Waals surface area contributed by atoms with Gasteiger partial charge >= 0.3 is 0 Å². The fraction of sp³-hybridized carbons (Fsp3) is 0.421. The van der Waals surface area contributed by atoms with Gasteiger partial charge in [0.05, 0.1) is 11.1 Å². The molecule has 136 valence electrons. The van der Waals surface area contributed by atoms with Gasteiger partial charge in [-0.1, -0.05) is 36.8 Å². The number of nitrogens with zero attached hydrogens (tertiary/aromatic N) is 5. The summed E-state index contributed by atoms with van der Waals surface area (Å²) in [4.78, 5) is 11.4. The quantitative estimate of drug-likeness (QED) is 0.733. The number of fused-ring (bicyclic) bond motifs is 1. The summed E-state index contributed by atoms with van der Waals surface area (Å²) < 4.78 is 1.87. The number of aromatic nitrogens is 4. The fourth-order valence-electron chi connectivity index (χ4n) is 3.70. The van der Waals surface area contributed by atoms with Crippen LogP contribution in [0, 0.1) is 0 Å². The number of anilines is 2. The summed E-state index contributed by atoms with van der Waals surface area (Å²) in [7, 11) is 0. The number of rotatable bonds is 5. The molecule has 2 aromatic heterocycles. The van der Waals surface area contributed by atoms with Crippen LogP contribution >= 0.6 is 0 Å². The minimum Gasteiger partial charge on any atom is -0.382 e. The van der Waals surface area contributed by atoms with Gasteiger partial charge in [-0.05, 0) is 38.9 Å². The number of hydrogen-bond donors (Lipinski definition) is 2. The lowest BCUT2D eigenvalue weighted by atomic mass is 10.1. The van der Waals surface area contributed by atoms with E-state index in [1.54, 1.807) is 0 Å². The second kappa shape index (κ2) is 7.29. The van der Waals surface area contributed by atoms with Crippen molar-refractivity contribution in [1.82, 2.24) is 24.6 Å². The molecular formula is C19H25N7. The molecule has 4 N–H and O–H groups in total. The SMILES string of the molecule is Nc1nc(-c2ccccc2)c2c(N)nn(CCCN3CCCCC3)c2n1. The Morgan fingerprint density at radius 1 is 0.923 bits per heavy atom. The van der Waals surface area contributed by atoms with Crippen LogP contribution in [0.25, 0.3) is 22.3 Å². The number of nitrogen functional groups attached to an aromatic ring is 2. The topological polar surface area (TPSA) is 98.9 Å². The van der Waals surface area contributed by atoms with Crippen LogP contribution in [0.5, 0.6) is 0 Å².